The molecule has 1 rings (SSSR count). The van der Waals surface area contributed by atoms with Crippen LogP contribution in [0.3, 0.4) is 0 Å². The summed E-state index contributed by atoms with van der Waals surface area (Å²) in [7, 11) is 0. The maximum absolute atomic E-state index is 10.6. The standard InChI is InChI=1S/C10H10ClNO2/c1-8-4-5-10(12(13)14)9(7-8)3-2-6-11/h2-5,7H,6H2,1H3. The van der Waals surface area contributed by atoms with Gasteiger partial charge in [-0.3, -0.25) is 10.1 Å². The van der Waals surface area contributed by atoms with Gasteiger partial charge in [0.1, 0.15) is 0 Å². The fraction of sp³-hybridized carbons (Fsp3) is 0.200. The van der Waals surface area contributed by atoms with Crippen molar-refractivity contribution in [3.05, 3.63) is 45.5 Å². The smallest absolute Gasteiger partial charge is 0.258 e. The molecule has 0 aliphatic carbocycles. The summed E-state index contributed by atoms with van der Waals surface area (Å²) in [5.74, 6) is 0.352. The number of nitrogens with zero attached hydrogens (tertiary/aromatic N) is 1. The topological polar surface area (TPSA) is 43.1 Å². The number of alkyl halides is 1. The van der Waals surface area contributed by atoms with Crippen molar-refractivity contribution in [2.24, 2.45) is 0 Å². The van der Waals surface area contributed by atoms with Gasteiger partial charge in [-0.1, -0.05) is 23.8 Å². The maximum atomic E-state index is 10.6. The van der Waals surface area contributed by atoms with E-state index in [0.717, 1.165) is 5.56 Å². The van der Waals surface area contributed by atoms with Gasteiger partial charge in [0.15, 0.2) is 0 Å². The molecule has 0 aliphatic rings. The van der Waals surface area contributed by atoms with Crippen molar-refractivity contribution in [3.8, 4) is 0 Å². The summed E-state index contributed by atoms with van der Waals surface area (Å²) >= 11 is 5.47. The molecular formula is C10H10ClNO2. The van der Waals surface area contributed by atoms with Gasteiger partial charge < -0.3 is 0 Å². The Morgan fingerprint density at radius 3 is 2.86 bits per heavy atom. The van der Waals surface area contributed by atoms with Gasteiger partial charge in [-0.15, -0.1) is 11.6 Å². The van der Waals surface area contributed by atoms with Crippen molar-refractivity contribution < 1.29 is 4.92 Å². The van der Waals surface area contributed by atoms with Crippen LogP contribution in [0, 0.1) is 17.0 Å². The SMILES string of the molecule is Cc1ccc([N+](=O)[O-])c(C=CCCl)c1. The van der Waals surface area contributed by atoms with Crippen LogP contribution < -0.4 is 0 Å². The normalized spacial score (nSPS) is 10.7. The summed E-state index contributed by atoms with van der Waals surface area (Å²) in [6, 6.07) is 4.99. The molecule has 0 aliphatic heterocycles. The lowest BCUT2D eigenvalue weighted by molar-refractivity contribution is -0.385. The van der Waals surface area contributed by atoms with E-state index in [4.69, 9.17) is 11.6 Å². The molecule has 0 saturated heterocycles. The summed E-state index contributed by atoms with van der Waals surface area (Å²) in [5, 5.41) is 10.6. The molecule has 4 heteroatoms. The summed E-state index contributed by atoms with van der Waals surface area (Å²) in [6.07, 6.45) is 3.35. The number of aryl methyl sites for hydroxylation is 1. The van der Waals surface area contributed by atoms with Crippen LogP contribution in [0.5, 0.6) is 0 Å². The minimum Gasteiger partial charge on any atom is -0.258 e. The molecule has 3 nitrogen and oxygen atoms in total. The molecular weight excluding hydrogens is 202 g/mol. The molecule has 0 saturated carbocycles. The van der Waals surface area contributed by atoms with E-state index in [1.807, 2.05) is 6.92 Å². The van der Waals surface area contributed by atoms with Crippen LogP contribution in [-0.4, -0.2) is 10.8 Å². The third-order valence-electron chi connectivity index (χ3n) is 1.77. The van der Waals surface area contributed by atoms with Crippen LogP contribution in [0.25, 0.3) is 6.08 Å². The fourth-order valence-electron chi connectivity index (χ4n) is 1.15. The Morgan fingerprint density at radius 1 is 1.57 bits per heavy atom. The monoisotopic (exact) mass is 211 g/mol. The van der Waals surface area contributed by atoms with Crippen LogP contribution >= 0.6 is 11.6 Å². The second kappa shape index (κ2) is 4.77. The minimum absolute atomic E-state index is 0.108. The van der Waals surface area contributed by atoms with E-state index in [1.54, 1.807) is 24.3 Å². The zero-order valence-corrected chi connectivity index (χ0v) is 8.49. The Kier molecular flexibility index (Phi) is 3.65. The Labute approximate surface area is 87.2 Å². The van der Waals surface area contributed by atoms with E-state index < -0.39 is 4.92 Å². The van der Waals surface area contributed by atoms with Gasteiger partial charge in [0.25, 0.3) is 5.69 Å². The Hall–Kier alpha value is -1.35. The number of allylic oxidation sites excluding steroid dienone is 1. The largest absolute Gasteiger partial charge is 0.276 e. The van der Waals surface area contributed by atoms with Gasteiger partial charge in [-0.2, -0.15) is 0 Å². The van der Waals surface area contributed by atoms with Crippen LogP contribution in [0.4, 0.5) is 5.69 Å². The van der Waals surface area contributed by atoms with Crippen molar-refractivity contribution in [1.82, 2.24) is 0 Å². The third kappa shape index (κ3) is 2.57. The molecule has 0 amide bonds. The first kappa shape index (κ1) is 10.7. The second-order valence-electron chi connectivity index (χ2n) is 2.88. The Balaban J connectivity index is 3.15. The number of hydrogen-bond acceptors (Lipinski definition) is 2. The molecule has 0 atom stereocenters. The molecule has 0 radical (unpaired) electrons. The molecule has 0 bridgehead atoms. The highest BCUT2D eigenvalue weighted by molar-refractivity contribution is 6.19. The zero-order valence-electron chi connectivity index (χ0n) is 7.74. The minimum atomic E-state index is -0.395. The molecule has 74 valence electrons. The first-order valence-corrected chi connectivity index (χ1v) is 4.66. The lowest BCUT2D eigenvalue weighted by Crippen LogP contribution is -1.91. The van der Waals surface area contributed by atoms with E-state index in [1.165, 1.54) is 6.07 Å². The lowest BCUT2D eigenvalue weighted by atomic mass is 10.1. The lowest BCUT2D eigenvalue weighted by Gasteiger charge is -1.98. The first-order chi connectivity index (χ1) is 6.65. The second-order valence-corrected chi connectivity index (χ2v) is 3.18. The molecule has 14 heavy (non-hydrogen) atoms. The van der Waals surface area contributed by atoms with Crippen LogP contribution in [0.2, 0.25) is 0 Å². The predicted molar refractivity (Wildman–Crippen MR) is 57.6 cm³/mol. The van der Waals surface area contributed by atoms with Gasteiger partial charge in [-0.25, -0.2) is 0 Å². The maximum Gasteiger partial charge on any atom is 0.276 e. The van der Waals surface area contributed by atoms with Crippen molar-refractivity contribution >= 4 is 23.4 Å². The van der Waals surface area contributed by atoms with E-state index in [9.17, 15) is 10.1 Å². The summed E-state index contributed by atoms with van der Waals surface area (Å²) < 4.78 is 0. The average molecular weight is 212 g/mol. The molecule has 0 aromatic heterocycles. The molecule has 0 heterocycles. The molecule has 0 unspecified atom stereocenters. The predicted octanol–water partition coefficient (Wildman–Crippen LogP) is 3.16. The van der Waals surface area contributed by atoms with E-state index in [-0.39, 0.29) is 5.69 Å². The van der Waals surface area contributed by atoms with E-state index in [2.05, 4.69) is 0 Å². The number of rotatable bonds is 3. The highest BCUT2D eigenvalue weighted by atomic mass is 35.5. The quantitative estimate of drug-likeness (QED) is 0.438. The van der Waals surface area contributed by atoms with E-state index >= 15 is 0 Å². The van der Waals surface area contributed by atoms with E-state index in [0.29, 0.717) is 11.4 Å². The summed E-state index contributed by atoms with van der Waals surface area (Å²) in [6.45, 7) is 1.89. The number of benzene rings is 1. The molecule has 0 fully saturated rings. The first-order valence-electron chi connectivity index (χ1n) is 4.12. The third-order valence-corrected chi connectivity index (χ3v) is 1.94. The van der Waals surface area contributed by atoms with Crippen LogP contribution in [0.15, 0.2) is 24.3 Å². The van der Waals surface area contributed by atoms with Gasteiger partial charge in [0, 0.05) is 11.9 Å². The molecule has 1 aromatic rings. The van der Waals surface area contributed by atoms with Crippen LogP contribution in [-0.2, 0) is 0 Å². The van der Waals surface area contributed by atoms with Crippen molar-refractivity contribution in [2.45, 2.75) is 6.92 Å². The number of halogens is 1. The van der Waals surface area contributed by atoms with Crippen molar-refractivity contribution in [1.29, 1.82) is 0 Å². The number of hydrogen-bond donors (Lipinski definition) is 0. The van der Waals surface area contributed by atoms with Gasteiger partial charge in [0.05, 0.1) is 10.5 Å². The Bertz CT molecular complexity index is 374. The number of nitro benzene ring substituents is 1. The fourth-order valence-corrected chi connectivity index (χ4v) is 1.23. The summed E-state index contributed by atoms with van der Waals surface area (Å²) in [5.41, 5.74) is 1.69. The zero-order chi connectivity index (χ0) is 10.6. The van der Waals surface area contributed by atoms with Gasteiger partial charge in [-0.05, 0) is 13.0 Å². The molecule has 0 spiro atoms. The highest BCUT2D eigenvalue weighted by Crippen LogP contribution is 2.21. The average Bonchev–Trinajstić information content (AvgIpc) is 2.14. The van der Waals surface area contributed by atoms with Gasteiger partial charge in [0.2, 0.25) is 0 Å². The number of nitro groups is 1. The highest BCUT2D eigenvalue weighted by Gasteiger charge is 2.10. The van der Waals surface area contributed by atoms with Crippen molar-refractivity contribution in [3.63, 3.8) is 0 Å². The van der Waals surface area contributed by atoms with Crippen molar-refractivity contribution in [2.75, 3.05) is 5.88 Å². The molecule has 1 aromatic carbocycles. The molecule has 0 N–H and O–H groups in total. The Morgan fingerprint density at radius 2 is 2.29 bits per heavy atom. The van der Waals surface area contributed by atoms with Gasteiger partial charge >= 0.3 is 0 Å². The van der Waals surface area contributed by atoms with Crippen LogP contribution in [0.1, 0.15) is 11.1 Å². The summed E-state index contributed by atoms with van der Waals surface area (Å²) in [4.78, 5) is 10.2.